The Morgan fingerprint density at radius 3 is 2.78 bits per heavy atom. The van der Waals surface area contributed by atoms with Gasteiger partial charge in [0.2, 0.25) is 0 Å². The Morgan fingerprint density at radius 2 is 2.17 bits per heavy atom. The Kier molecular flexibility index (Phi) is 3.67. The zero-order valence-electron chi connectivity index (χ0n) is 10.7. The molecule has 1 aromatic carbocycles. The van der Waals surface area contributed by atoms with Crippen molar-refractivity contribution in [2.45, 2.75) is 44.3 Å². The monoisotopic (exact) mass is 272 g/mol. The van der Waals surface area contributed by atoms with Crippen molar-refractivity contribution in [1.29, 1.82) is 0 Å². The van der Waals surface area contributed by atoms with Crippen LogP contribution >= 0.6 is 11.6 Å². The maximum absolute atomic E-state index is 13.0. The molecule has 18 heavy (non-hydrogen) atoms. The standard InChI is InChI=1S/C14H18ClFO2/c1-13(2)9-14(17,5-6-18-13)8-10-3-4-11(16)7-12(10)15/h3-4,7,17H,5-6,8-9H2,1-2H3. The first-order valence-electron chi connectivity index (χ1n) is 6.10. The molecule has 1 N–H and O–H groups in total. The molecule has 1 atom stereocenters. The highest BCUT2D eigenvalue weighted by molar-refractivity contribution is 6.31. The molecule has 0 amide bonds. The van der Waals surface area contributed by atoms with Gasteiger partial charge in [-0.15, -0.1) is 0 Å². The van der Waals surface area contributed by atoms with E-state index in [0.29, 0.717) is 30.9 Å². The second-order valence-corrected chi connectivity index (χ2v) is 6.08. The van der Waals surface area contributed by atoms with Crippen molar-refractivity contribution in [3.05, 3.63) is 34.6 Å². The highest BCUT2D eigenvalue weighted by atomic mass is 35.5. The van der Waals surface area contributed by atoms with E-state index in [-0.39, 0.29) is 11.4 Å². The van der Waals surface area contributed by atoms with Crippen LogP contribution in [-0.2, 0) is 11.2 Å². The largest absolute Gasteiger partial charge is 0.389 e. The highest BCUT2D eigenvalue weighted by Crippen LogP contribution is 2.35. The number of hydrogen-bond donors (Lipinski definition) is 1. The minimum absolute atomic E-state index is 0.334. The average molecular weight is 273 g/mol. The third-order valence-electron chi connectivity index (χ3n) is 3.35. The molecule has 1 heterocycles. The minimum Gasteiger partial charge on any atom is -0.389 e. The van der Waals surface area contributed by atoms with Gasteiger partial charge in [-0.2, -0.15) is 0 Å². The van der Waals surface area contributed by atoms with Crippen LogP contribution in [-0.4, -0.2) is 22.9 Å². The molecule has 0 bridgehead atoms. The van der Waals surface area contributed by atoms with Crippen molar-refractivity contribution in [1.82, 2.24) is 0 Å². The first-order chi connectivity index (χ1) is 8.30. The van der Waals surface area contributed by atoms with Crippen LogP contribution in [0, 0.1) is 5.82 Å². The van der Waals surface area contributed by atoms with E-state index in [2.05, 4.69) is 0 Å². The van der Waals surface area contributed by atoms with Gasteiger partial charge in [0.05, 0.1) is 17.8 Å². The average Bonchev–Trinajstić information content (AvgIpc) is 2.20. The summed E-state index contributed by atoms with van der Waals surface area (Å²) in [6.45, 7) is 4.45. The fourth-order valence-electron chi connectivity index (χ4n) is 2.62. The maximum atomic E-state index is 13.0. The quantitative estimate of drug-likeness (QED) is 0.895. The number of benzene rings is 1. The minimum atomic E-state index is -0.830. The predicted molar refractivity (Wildman–Crippen MR) is 69.3 cm³/mol. The lowest BCUT2D eigenvalue weighted by Gasteiger charge is -2.41. The number of hydrogen-bond acceptors (Lipinski definition) is 2. The van der Waals surface area contributed by atoms with E-state index in [9.17, 15) is 9.50 Å². The molecular formula is C14H18ClFO2. The zero-order chi connectivity index (χ0) is 13.4. The molecule has 1 aliphatic rings. The van der Waals surface area contributed by atoms with E-state index in [1.807, 2.05) is 13.8 Å². The van der Waals surface area contributed by atoms with Gasteiger partial charge in [0.25, 0.3) is 0 Å². The second kappa shape index (κ2) is 4.80. The van der Waals surface area contributed by atoms with Crippen LogP contribution in [0.3, 0.4) is 0 Å². The molecule has 0 saturated carbocycles. The number of ether oxygens (including phenoxy) is 1. The van der Waals surface area contributed by atoms with Crippen LogP contribution in [0.1, 0.15) is 32.3 Å². The Labute approximate surface area is 112 Å². The molecule has 0 aliphatic carbocycles. The van der Waals surface area contributed by atoms with E-state index in [1.54, 1.807) is 6.07 Å². The summed E-state index contributed by atoms with van der Waals surface area (Å²) in [5.41, 5.74) is -0.388. The summed E-state index contributed by atoms with van der Waals surface area (Å²) in [6.07, 6.45) is 1.55. The van der Waals surface area contributed by atoms with Gasteiger partial charge >= 0.3 is 0 Å². The lowest BCUT2D eigenvalue weighted by Crippen LogP contribution is -2.47. The lowest BCUT2D eigenvalue weighted by atomic mass is 9.80. The van der Waals surface area contributed by atoms with Crippen molar-refractivity contribution in [3.63, 3.8) is 0 Å². The Bertz CT molecular complexity index is 447. The number of rotatable bonds is 2. The summed E-state index contributed by atoms with van der Waals surface area (Å²) in [5.74, 6) is -0.358. The molecule has 0 radical (unpaired) electrons. The highest BCUT2D eigenvalue weighted by Gasteiger charge is 2.39. The first kappa shape index (κ1) is 13.8. The van der Waals surface area contributed by atoms with Crippen molar-refractivity contribution in [2.75, 3.05) is 6.61 Å². The van der Waals surface area contributed by atoms with Crippen LogP contribution in [0.4, 0.5) is 4.39 Å². The van der Waals surface area contributed by atoms with Gasteiger partial charge in [0, 0.05) is 17.9 Å². The van der Waals surface area contributed by atoms with Crippen LogP contribution in [0.25, 0.3) is 0 Å². The number of aliphatic hydroxyl groups is 1. The molecule has 4 heteroatoms. The zero-order valence-corrected chi connectivity index (χ0v) is 11.4. The van der Waals surface area contributed by atoms with Gasteiger partial charge in [-0.25, -0.2) is 4.39 Å². The molecule has 1 unspecified atom stereocenters. The van der Waals surface area contributed by atoms with Crippen molar-refractivity contribution < 1.29 is 14.2 Å². The van der Waals surface area contributed by atoms with Gasteiger partial charge in [0.1, 0.15) is 5.82 Å². The summed E-state index contributed by atoms with van der Waals surface area (Å²) in [7, 11) is 0. The Hall–Kier alpha value is -0.640. The van der Waals surface area contributed by atoms with Gasteiger partial charge < -0.3 is 9.84 Å². The summed E-state index contributed by atoms with van der Waals surface area (Å²) in [5, 5.41) is 11.0. The molecule has 2 rings (SSSR count). The van der Waals surface area contributed by atoms with Crippen molar-refractivity contribution in [2.24, 2.45) is 0 Å². The SMILES string of the molecule is CC1(C)CC(O)(Cc2ccc(F)cc2Cl)CCO1. The third-order valence-corrected chi connectivity index (χ3v) is 3.70. The van der Waals surface area contributed by atoms with Crippen molar-refractivity contribution >= 4 is 11.6 Å². The fourth-order valence-corrected chi connectivity index (χ4v) is 2.85. The summed E-state index contributed by atoms with van der Waals surface area (Å²) in [4.78, 5) is 0. The van der Waals surface area contributed by atoms with Crippen LogP contribution in [0.15, 0.2) is 18.2 Å². The Balaban J connectivity index is 2.17. The third kappa shape index (κ3) is 3.22. The second-order valence-electron chi connectivity index (χ2n) is 5.67. The van der Waals surface area contributed by atoms with Crippen LogP contribution in [0.2, 0.25) is 5.02 Å². The van der Waals surface area contributed by atoms with E-state index in [4.69, 9.17) is 16.3 Å². The van der Waals surface area contributed by atoms with Crippen molar-refractivity contribution in [3.8, 4) is 0 Å². The van der Waals surface area contributed by atoms with Crippen LogP contribution < -0.4 is 0 Å². The molecule has 2 nitrogen and oxygen atoms in total. The molecule has 1 fully saturated rings. The first-order valence-corrected chi connectivity index (χ1v) is 6.48. The lowest BCUT2D eigenvalue weighted by molar-refractivity contribution is -0.143. The smallest absolute Gasteiger partial charge is 0.124 e. The maximum Gasteiger partial charge on any atom is 0.124 e. The fraction of sp³-hybridized carbons (Fsp3) is 0.571. The van der Waals surface area contributed by atoms with E-state index in [0.717, 1.165) is 5.56 Å². The van der Waals surface area contributed by atoms with E-state index in [1.165, 1.54) is 12.1 Å². The Morgan fingerprint density at radius 1 is 1.44 bits per heavy atom. The topological polar surface area (TPSA) is 29.5 Å². The molecular weight excluding hydrogens is 255 g/mol. The normalized spacial score (nSPS) is 27.2. The van der Waals surface area contributed by atoms with Gasteiger partial charge in [-0.1, -0.05) is 17.7 Å². The molecule has 1 aliphatic heterocycles. The van der Waals surface area contributed by atoms with Gasteiger partial charge in [-0.05, 0) is 38.0 Å². The predicted octanol–water partition coefficient (Wildman–Crippen LogP) is 3.34. The molecule has 0 aromatic heterocycles. The van der Waals surface area contributed by atoms with Crippen LogP contribution in [0.5, 0.6) is 0 Å². The summed E-state index contributed by atoms with van der Waals surface area (Å²) in [6, 6.07) is 4.29. The number of halogens is 2. The van der Waals surface area contributed by atoms with Gasteiger partial charge in [-0.3, -0.25) is 0 Å². The molecule has 100 valence electrons. The van der Waals surface area contributed by atoms with E-state index < -0.39 is 5.60 Å². The summed E-state index contributed by atoms with van der Waals surface area (Å²) >= 11 is 6.00. The molecule has 1 saturated heterocycles. The van der Waals surface area contributed by atoms with Gasteiger partial charge in [0.15, 0.2) is 0 Å². The van der Waals surface area contributed by atoms with E-state index >= 15 is 0 Å². The summed E-state index contributed by atoms with van der Waals surface area (Å²) < 4.78 is 18.6. The molecule has 1 aromatic rings. The molecule has 0 spiro atoms.